The highest BCUT2D eigenvalue weighted by Gasteiger charge is 2.09. The van der Waals surface area contributed by atoms with Gasteiger partial charge in [-0.3, -0.25) is 9.25 Å². The van der Waals surface area contributed by atoms with Crippen molar-refractivity contribution in [1.29, 1.82) is 0 Å². The van der Waals surface area contributed by atoms with Crippen LogP contribution in [0.15, 0.2) is 30.6 Å². The van der Waals surface area contributed by atoms with Crippen molar-refractivity contribution in [1.82, 2.24) is 24.3 Å². The van der Waals surface area contributed by atoms with Crippen LogP contribution in [0.5, 0.6) is 0 Å². The second-order valence-electron chi connectivity index (χ2n) is 3.88. The Bertz CT molecular complexity index is 665. The Morgan fingerprint density at radius 1 is 1.35 bits per heavy atom. The minimum Gasteiger partial charge on any atom is -0.369 e. The van der Waals surface area contributed by atoms with E-state index in [1.165, 1.54) is 0 Å². The summed E-state index contributed by atoms with van der Waals surface area (Å²) in [6.07, 6.45) is 3.64. The van der Waals surface area contributed by atoms with Crippen molar-refractivity contribution >= 4 is 17.1 Å². The maximum Gasteiger partial charge on any atom is 0.202 e. The van der Waals surface area contributed by atoms with Gasteiger partial charge in [-0.2, -0.15) is 5.10 Å². The average Bonchev–Trinajstić information content (AvgIpc) is 2.85. The molecule has 86 valence electrons. The Hall–Kier alpha value is -2.37. The van der Waals surface area contributed by atoms with Gasteiger partial charge in [0, 0.05) is 19.4 Å². The summed E-state index contributed by atoms with van der Waals surface area (Å²) < 4.78 is 3.62. The fourth-order valence-corrected chi connectivity index (χ4v) is 1.84. The van der Waals surface area contributed by atoms with Gasteiger partial charge in [-0.15, -0.1) is 0 Å². The van der Waals surface area contributed by atoms with Crippen LogP contribution in [-0.4, -0.2) is 24.3 Å². The lowest BCUT2D eigenvalue weighted by atomic mass is 10.4. The molecular formula is C11H12N6. The van der Waals surface area contributed by atoms with Crippen LogP contribution in [0, 0.1) is 0 Å². The van der Waals surface area contributed by atoms with Crippen LogP contribution >= 0.6 is 0 Å². The highest BCUT2D eigenvalue weighted by molar-refractivity contribution is 5.73. The number of pyridine rings is 1. The molecular weight excluding hydrogens is 216 g/mol. The van der Waals surface area contributed by atoms with Crippen molar-refractivity contribution in [3.63, 3.8) is 0 Å². The zero-order chi connectivity index (χ0) is 11.8. The van der Waals surface area contributed by atoms with Crippen molar-refractivity contribution in [2.75, 3.05) is 5.73 Å². The van der Waals surface area contributed by atoms with E-state index in [2.05, 4.69) is 15.1 Å². The summed E-state index contributed by atoms with van der Waals surface area (Å²) in [4.78, 5) is 8.55. The van der Waals surface area contributed by atoms with Gasteiger partial charge in [-0.05, 0) is 18.2 Å². The van der Waals surface area contributed by atoms with Gasteiger partial charge in [0.2, 0.25) is 5.95 Å². The molecule has 0 saturated carbocycles. The molecule has 3 heterocycles. The lowest BCUT2D eigenvalue weighted by Crippen LogP contribution is -2.06. The Morgan fingerprint density at radius 3 is 3.00 bits per heavy atom. The van der Waals surface area contributed by atoms with Crippen molar-refractivity contribution < 1.29 is 0 Å². The highest BCUT2D eigenvalue weighted by atomic mass is 15.3. The van der Waals surface area contributed by atoms with Gasteiger partial charge in [-0.1, -0.05) is 0 Å². The number of nitrogens with two attached hydrogens (primary N) is 1. The lowest BCUT2D eigenvalue weighted by Gasteiger charge is -2.02. The van der Waals surface area contributed by atoms with E-state index in [1.807, 2.05) is 36.0 Å². The summed E-state index contributed by atoms with van der Waals surface area (Å²) in [5.41, 5.74) is 8.41. The van der Waals surface area contributed by atoms with Gasteiger partial charge < -0.3 is 5.73 Å². The molecule has 0 fully saturated rings. The monoisotopic (exact) mass is 228 g/mol. The van der Waals surface area contributed by atoms with E-state index in [4.69, 9.17) is 5.73 Å². The SMILES string of the molecule is Cn1ccc(Cn2c(N)nc3cccnc32)n1. The number of hydrogen-bond donors (Lipinski definition) is 1. The third-order valence-corrected chi connectivity index (χ3v) is 2.62. The predicted octanol–water partition coefficient (Wildman–Crippen LogP) is 0.795. The third-order valence-electron chi connectivity index (χ3n) is 2.62. The van der Waals surface area contributed by atoms with Crippen LogP contribution in [0.4, 0.5) is 5.95 Å². The molecule has 2 N–H and O–H groups in total. The molecule has 0 atom stereocenters. The number of nitrogens with zero attached hydrogens (tertiary/aromatic N) is 5. The number of fused-ring (bicyclic) bond motifs is 1. The van der Waals surface area contributed by atoms with Crippen LogP contribution in [0.1, 0.15) is 5.69 Å². The molecule has 6 nitrogen and oxygen atoms in total. The normalized spacial score (nSPS) is 11.1. The number of rotatable bonds is 2. The predicted molar refractivity (Wildman–Crippen MR) is 64.3 cm³/mol. The second-order valence-corrected chi connectivity index (χ2v) is 3.88. The fourth-order valence-electron chi connectivity index (χ4n) is 1.84. The molecule has 0 spiro atoms. The first kappa shape index (κ1) is 9.83. The maximum atomic E-state index is 5.89. The molecule has 0 aliphatic rings. The number of imidazole rings is 1. The number of aromatic nitrogens is 5. The van der Waals surface area contributed by atoms with Crippen molar-refractivity contribution in [3.05, 3.63) is 36.3 Å². The Morgan fingerprint density at radius 2 is 2.24 bits per heavy atom. The number of anilines is 1. The van der Waals surface area contributed by atoms with E-state index in [1.54, 1.807) is 10.9 Å². The summed E-state index contributed by atoms with van der Waals surface area (Å²) in [5, 5.41) is 4.32. The van der Waals surface area contributed by atoms with E-state index >= 15 is 0 Å². The first-order valence-electron chi connectivity index (χ1n) is 5.29. The largest absolute Gasteiger partial charge is 0.369 e. The number of hydrogen-bond acceptors (Lipinski definition) is 4. The summed E-state index contributed by atoms with van der Waals surface area (Å²) in [5.74, 6) is 0.462. The molecule has 0 saturated heterocycles. The van der Waals surface area contributed by atoms with Crippen molar-refractivity contribution in [2.24, 2.45) is 7.05 Å². The molecule has 6 heteroatoms. The summed E-state index contributed by atoms with van der Waals surface area (Å²) in [6.45, 7) is 0.584. The zero-order valence-electron chi connectivity index (χ0n) is 9.41. The van der Waals surface area contributed by atoms with Crippen LogP contribution in [0.25, 0.3) is 11.2 Å². The Balaban J connectivity index is 2.08. The van der Waals surface area contributed by atoms with Gasteiger partial charge in [0.1, 0.15) is 5.52 Å². The smallest absolute Gasteiger partial charge is 0.202 e. The highest BCUT2D eigenvalue weighted by Crippen LogP contribution is 2.16. The summed E-state index contributed by atoms with van der Waals surface area (Å²) >= 11 is 0. The lowest BCUT2D eigenvalue weighted by molar-refractivity contribution is 0.715. The van der Waals surface area contributed by atoms with E-state index in [0.29, 0.717) is 12.5 Å². The van der Waals surface area contributed by atoms with E-state index in [9.17, 15) is 0 Å². The molecule has 0 aliphatic carbocycles. The number of nitrogen functional groups attached to an aromatic ring is 1. The standard InChI is InChI=1S/C11H12N6/c1-16-6-4-8(15-16)7-17-10-9(14-11(17)12)3-2-5-13-10/h2-6H,7H2,1H3,(H2,12,14). The second kappa shape index (κ2) is 3.58. The Labute approximate surface area is 97.7 Å². The molecule has 0 unspecified atom stereocenters. The van der Waals surface area contributed by atoms with Gasteiger partial charge in [0.15, 0.2) is 5.65 Å². The Kier molecular flexibility index (Phi) is 2.07. The molecule has 0 aliphatic heterocycles. The van der Waals surface area contributed by atoms with Gasteiger partial charge in [-0.25, -0.2) is 9.97 Å². The topological polar surface area (TPSA) is 74.5 Å². The molecule has 0 radical (unpaired) electrons. The third kappa shape index (κ3) is 1.63. The van der Waals surface area contributed by atoms with Crippen LogP contribution in [-0.2, 0) is 13.6 Å². The average molecular weight is 228 g/mol. The van der Waals surface area contributed by atoms with Gasteiger partial charge in [0.25, 0.3) is 0 Å². The molecule has 17 heavy (non-hydrogen) atoms. The minimum atomic E-state index is 0.462. The first-order valence-corrected chi connectivity index (χ1v) is 5.29. The minimum absolute atomic E-state index is 0.462. The van der Waals surface area contributed by atoms with Gasteiger partial charge >= 0.3 is 0 Å². The maximum absolute atomic E-state index is 5.89. The van der Waals surface area contributed by atoms with Crippen LogP contribution < -0.4 is 5.73 Å². The van der Waals surface area contributed by atoms with Crippen LogP contribution in [0.2, 0.25) is 0 Å². The molecule has 0 aromatic carbocycles. The quantitative estimate of drug-likeness (QED) is 0.703. The molecule has 3 rings (SSSR count). The molecule has 0 amide bonds. The molecule has 3 aromatic rings. The molecule has 3 aromatic heterocycles. The first-order chi connectivity index (χ1) is 8.24. The van der Waals surface area contributed by atoms with E-state index in [0.717, 1.165) is 16.9 Å². The fraction of sp³-hybridized carbons (Fsp3) is 0.182. The summed E-state index contributed by atoms with van der Waals surface area (Å²) in [7, 11) is 1.89. The van der Waals surface area contributed by atoms with Crippen molar-refractivity contribution in [3.8, 4) is 0 Å². The van der Waals surface area contributed by atoms with E-state index in [-0.39, 0.29) is 0 Å². The number of aryl methyl sites for hydroxylation is 1. The van der Waals surface area contributed by atoms with Crippen molar-refractivity contribution in [2.45, 2.75) is 6.54 Å². The molecule has 0 bridgehead atoms. The van der Waals surface area contributed by atoms with E-state index < -0.39 is 0 Å². The summed E-state index contributed by atoms with van der Waals surface area (Å²) in [6, 6.07) is 5.70. The van der Waals surface area contributed by atoms with Crippen LogP contribution in [0.3, 0.4) is 0 Å². The zero-order valence-corrected chi connectivity index (χ0v) is 9.41. The van der Waals surface area contributed by atoms with Gasteiger partial charge in [0.05, 0.1) is 12.2 Å².